The third kappa shape index (κ3) is 4.02. The molecule has 1 rings (SSSR count). The first kappa shape index (κ1) is 14.5. The van der Waals surface area contributed by atoms with E-state index in [1.54, 1.807) is 18.2 Å². The molecule has 0 bridgehead atoms. The van der Waals surface area contributed by atoms with Crippen molar-refractivity contribution in [2.24, 2.45) is 11.7 Å². The molecule has 0 radical (unpaired) electrons. The number of anilines is 1. The summed E-state index contributed by atoms with van der Waals surface area (Å²) in [6, 6.07) is 6.80. The van der Waals surface area contributed by atoms with Gasteiger partial charge in [-0.1, -0.05) is 18.5 Å². The van der Waals surface area contributed by atoms with Gasteiger partial charge in [0.25, 0.3) is 0 Å². The van der Waals surface area contributed by atoms with Gasteiger partial charge in [0, 0.05) is 11.6 Å². The number of amides is 1. The lowest BCUT2D eigenvalue weighted by atomic mass is 10.0. The number of hydrogen-bond acceptors (Lipinski definition) is 3. The molecule has 0 heterocycles. The average Bonchev–Trinajstić information content (AvgIpc) is 2.36. The van der Waals surface area contributed by atoms with Gasteiger partial charge in [-0.05, 0) is 37.6 Å². The first-order valence-electron chi connectivity index (χ1n) is 5.79. The molecule has 0 aromatic heterocycles. The highest BCUT2D eigenvalue weighted by Crippen LogP contribution is 2.21. The number of nitriles is 1. The Morgan fingerprint density at radius 2 is 2.33 bits per heavy atom. The van der Waals surface area contributed by atoms with Gasteiger partial charge >= 0.3 is 0 Å². The molecule has 0 aliphatic rings. The molecule has 0 aliphatic carbocycles. The second-order valence-corrected chi connectivity index (χ2v) is 4.53. The maximum atomic E-state index is 11.8. The van der Waals surface area contributed by atoms with Crippen LogP contribution < -0.4 is 11.1 Å². The first-order chi connectivity index (χ1) is 8.58. The highest BCUT2D eigenvalue weighted by Gasteiger charge is 2.12. The minimum Gasteiger partial charge on any atom is -0.330 e. The molecule has 1 atom stereocenters. The van der Waals surface area contributed by atoms with E-state index in [1.807, 2.05) is 13.0 Å². The van der Waals surface area contributed by atoms with Crippen molar-refractivity contribution in [2.45, 2.75) is 19.8 Å². The molecular weight excluding hydrogens is 250 g/mol. The van der Waals surface area contributed by atoms with Gasteiger partial charge in [0.05, 0.1) is 10.6 Å². The Labute approximate surface area is 112 Å². The normalized spacial score (nSPS) is 11.7. The maximum Gasteiger partial charge on any atom is 0.227 e. The van der Waals surface area contributed by atoms with Crippen molar-refractivity contribution >= 4 is 23.2 Å². The standard InChI is InChI=1S/C13H16ClN3O/c1-9(3-2-6-15)13(18)17-11-5-4-10(8-16)12(14)7-11/h4-5,7,9H,2-3,6,15H2,1H3,(H,17,18). The largest absolute Gasteiger partial charge is 0.330 e. The van der Waals surface area contributed by atoms with Crippen LogP contribution >= 0.6 is 11.6 Å². The van der Waals surface area contributed by atoms with Crippen LogP contribution in [-0.4, -0.2) is 12.5 Å². The van der Waals surface area contributed by atoms with Gasteiger partial charge in [-0.2, -0.15) is 5.26 Å². The van der Waals surface area contributed by atoms with Gasteiger partial charge in [0.15, 0.2) is 0 Å². The zero-order valence-electron chi connectivity index (χ0n) is 10.2. The molecule has 1 unspecified atom stereocenters. The van der Waals surface area contributed by atoms with Crippen LogP contribution in [0.15, 0.2) is 18.2 Å². The summed E-state index contributed by atoms with van der Waals surface area (Å²) in [5.41, 5.74) is 6.40. The van der Waals surface area contributed by atoms with Gasteiger partial charge in [-0.3, -0.25) is 4.79 Å². The van der Waals surface area contributed by atoms with Gasteiger partial charge in [0.1, 0.15) is 6.07 Å². The third-order valence-electron chi connectivity index (χ3n) is 2.65. The molecule has 0 saturated heterocycles. The van der Waals surface area contributed by atoms with Crippen molar-refractivity contribution in [3.8, 4) is 6.07 Å². The smallest absolute Gasteiger partial charge is 0.227 e. The van der Waals surface area contributed by atoms with Crippen LogP contribution in [0.25, 0.3) is 0 Å². The summed E-state index contributed by atoms with van der Waals surface area (Å²) >= 11 is 5.89. The summed E-state index contributed by atoms with van der Waals surface area (Å²) in [5, 5.41) is 11.8. The maximum absolute atomic E-state index is 11.8. The zero-order valence-corrected chi connectivity index (χ0v) is 11.0. The molecule has 1 aromatic carbocycles. The Bertz CT molecular complexity index is 468. The molecule has 1 amide bonds. The minimum absolute atomic E-state index is 0.0655. The van der Waals surface area contributed by atoms with Crippen molar-refractivity contribution < 1.29 is 4.79 Å². The average molecular weight is 266 g/mol. The number of halogens is 1. The molecule has 18 heavy (non-hydrogen) atoms. The third-order valence-corrected chi connectivity index (χ3v) is 2.96. The van der Waals surface area contributed by atoms with E-state index in [9.17, 15) is 4.79 Å². The van der Waals surface area contributed by atoms with Crippen LogP contribution in [0.3, 0.4) is 0 Å². The molecule has 0 aliphatic heterocycles. The molecule has 0 spiro atoms. The number of nitrogens with one attached hydrogen (secondary N) is 1. The number of benzene rings is 1. The quantitative estimate of drug-likeness (QED) is 0.859. The van der Waals surface area contributed by atoms with Gasteiger partial charge in [-0.15, -0.1) is 0 Å². The molecule has 0 saturated carbocycles. The van der Waals surface area contributed by atoms with Crippen LogP contribution in [0, 0.1) is 17.2 Å². The summed E-state index contributed by atoms with van der Waals surface area (Å²) in [6.07, 6.45) is 1.58. The van der Waals surface area contributed by atoms with Crippen molar-refractivity contribution in [1.29, 1.82) is 5.26 Å². The van der Waals surface area contributed by atoms with Gasteiger partial charge < -0.3 is 11.1 Å². The van der Waals surface area contributed by atoms with E-state index in [1.165, 1.54) is 0 Å². The fourth-order valence-corrected chi connectivity index (χ4v) is 1.73. The first-order valence-corrected chi connectivity index (χ1v) is 6.17. The van der Waals surface area contributed by atoms with Crippen LogP contribution in [0.5, 0.6) is 0 Å². The second-order valence-electron chi connectivity index (χ2n) is 4.13. The van der Waals surface area contributed by atoms with E-state index in [0.717, 1.165) is 12.8 Å². The highest BCUT2D eigenvalue weighted by atomic mass is 35.5. The van der Waals surface area contributed by atoms with E-state index in [0.29, 0.717) is 22.8 Å². The van der Waals surface area contributed by atoms with E-state index in [2.05, 4.69) is 5.32 Å². The number of carbonyl (C=O) groups is 1. The summed E-state index contributed by atoms with van der Waals surface area (Å²) in [4.78, 5) is 11.8. The van der Waals surface area contributed by atoms with Crippen LogP contribution in [0.4, 0.5) is 5.69 Å². The van der Waals surface area contributed by atoms with Crippen LogP contribution in [0.1, 0.15) is 25.3 Å². The molecule has 3 N–H and O–H groups in total. The van der Waals surface area contributed by atoms with Gasteiger partial charge in [0.2, 0.25) is 5.91 Å². The van der Waals surface area contributed by atoms with Crippen molar-refractivity contribution in [2.75, 3.05) is 11.9 Å². The molecule has 1 aromatic rings. The fraction of sp³-hybridized carbons (Fsp3) is 0.385. The van der Waals surface area contributed by atoms with Crippen molar-refractivity contribution in [1.82, 2.24) is 0 Å². The minimum atomic E-state index is -0.0945. The second kappa shape index (κ2) is 7.00. The van der Waals surface area contributed by atoms with Crippen LogP contribution in [-0.2, 0) is 4.79 Å². The molecular formula is C13H16ClN3O. The Kier molecular flexibility index (Phi) is 5.63. The Hall–Kier alpha value is -1.57. The van der Waals surface area contributed by atoms with E-state index in [4.69, 9.17) is 22.6 Å². The monoisotopic (exact) mass is 265 g/mol. The van der Waals surface area contributed by atoms with Crippen LogP contribution in [0.2, 0.25) is 5.02 Å². The molecule has 0 fully saturated rings. The summed E-state index contributed by atoms with van der Waals surface area (Å²) in [6.45, 7) is 2.44. The van der Waals surface area contributed by atoms with E-state index in [-0.39, 0.29) is 11.8 Å². The SMILES string of the molecule is CC(CCCN)C(=O)Nc1ccc(C#N)c(Cl)c1. The Morgan fingerprint density at radius 1 is 1.61 bits per heavy atom. The van der Waals surface area contributed by atoms with Crippen molar-refractivity contribution in [3.05, 3.63) is 28.8 Å². The lowest BCUT2D eigenvalue weighted by Crippen LogP contribution is -2.21. The summed E-state index contributed by atoms with van der Waals surface area (Å²) in [7, 11) is 0. The van der Waals surface area contributed by atoms with Gasteiger partial charge in [-0.25, -0.2) is 0 Å². The Balaban J connectivity index is 2.65. The predicted molar refractivity (Wildman–Crippen MR) is 72.2 cm³/mol. The fourth-order valence-electron chi connectivity index (χ4n) is 1.50. The summed E-state index contributed by atoms with van der Waals surface area (Å²) in [5.74, 6) is -0.160. The summed E-state index contributed by atoms with van der Waals surface area (Å²) < 4.78 is 0. The molecule has 5 heteroatoms. The number of hydrogen-bond donors (Lipinski definition) is 2. The lowest BCUT2D eigenvalue weighted by molar-refractivity contribution is -0.119. The number of nitrogens with two attached hydrogens (primary N) is 1. The van der Waals surface area contributed by atoms with Crippen molar-refractivity contribution in [3.63, 3.8) is 0 Å². The topological polar surface area (TPSA) is 78.9 Å². The number of nitrogens with zero attached hydrogens (tertiary/aromatic N) is 1. The van der Waals surface area contributed by atoms with E-state index >= 15 is 0 Å². The van der Waals surface area contributed by atoms with E-state index < -0.39 is 0 Å². The number of rotatable bonds is 5. The molecule has 96 valence electrons. The Morgan fingerprint density at radius 3 is 2.89 bits per heavy atom. The lowest BCUT2D eigenvalue weighted by Gasteiger charge is -2.12. The number of carbonyl (C=O) groups excluding carboxylic acids is 1. The predicted octanol–water partition coefficient (Wildman–Crippen LogP) is 2.53. The molecule has 4 nitrogen and oxygen atoms in total. The highest BCUT2D eigenvalue weighted by molar-refractivity contribution is 6.32. The zero-order chi connectivity index (χ0) is 13.5.